The number of imidazole rings is 1. The molecule has 1 saturated heterocycles. The molecule has 0 spiro atoms. The van der Waals surface area contributed by atoms with Crippen LogP contribution in [0, 0.1) is 5.92 Å². The van der Waals surface area contributed by atoms with Crippen molar-refractivity contribution < 1.29 is 17.9 Å². The molecule has 0 aliphatic carbocycles. The van der Waals surface area contributed by atoms with Crippen LogP contribution < -0.4 is 0 Å². The van der Waals surface area contributed by atoms with Crippen LogP contribution in [-0.4, -0.2) is 48.5 Å². The zero-order valence-electron chi connectivity index (χ0n) is 18.0. The Labute approximate surface area is 179 Å². The van der Waals surface area contributed by atoms with Crippen molar-refractivity contribution in [2.75, 3.05) is 13.7 Å². The van der Waals surface area contributed by atoms with Crippen molar-refractivity contribution in [1.29, 1.82) is 0 Å². The molecular weight excluding hydrogens is 402 g/mol. The Morgan fingerprint density at radius 3 is 2.63 bits per heavy atom. The van der Waals surface area contributed by atoms with Gasteiger partial charge >= 0.3 is 5.97 Å². The largest absolute Gasteiger partial charge is 0.468 e. The number of methoxy groups -OCH3 is 1. The van der Waals surface area contributed by atoms with E-state index in [1.165, 1.54) is 7.11 Å². The van der Waals surface area contributed by atoms with E-state index in [9.17, 15) is 13.2 Å². The summed E-state index contributed by atoms with van der Waals surface area (Å²) >= 11 is 0. The third-order valence-corrected chi connectivity index (χ3v) is 6.97. The van der Waals surface area contributed by atoms with E-state index in [1.807, 2.05) is 34.9 Å². The highest BCUT2D eigenvalue weighted by atomic mass is 32.2. The normalized spacial score (nSPS) is 17.9. The molecule has 7 nitrogen and oxygen atoms in total. The van der Waals surface area contributed by atoms with Gasteiger partial charge in [0.2, 0.25) is 15.0 Å². The molecule has 1 aromatic carbocycles. The van der Waals surface area contributed by atoms with Gasteiger partial charge in [0, 0.05) is 13.1 Å². The summed E-state index contributed by atoms with van der Waals surface area (Å²) in [5.41, 5.74) is 1.55. The van der Waals surface area contributed by atoms with Gasteiger partial charge in [-0.2, -0.15) is 0 Å². The van der Waals surface area contributed by atoms with E-state index < -0.39 is 9.84 Å². The fraction of sp³-hybridized carbons (Fsp3) is 0.545. The average molecular weight is 434 g/mol. The first kappa shape index (κ1) is 22.5. The van der Waals surface area contributed by atoms with Gasteiger partial charge in [-0.15, -0.1) is 0 Å². The number of rotatable bonds is 8. The Hall–Kier alpha value is -2.19. The molecule has 0 radical (unpaired) electrons. The lowest BCUT2D eigenvalue weighted by Crippen LogP contribution is -2.45. The molecular formula is C22H31N3O4S. The molecule has 164 valence electrons. The summed E-state index contributed by atoms with van der Waals surface area (Å²) in [7, 11) is -2.19. The number of sulfone groups is 1. The molecule has 0 saturated carbocycles. The van der Waals surface area contributed by atoms with E-state index in [0.29, 0.717) is 13.1 Å². The standard InChI is InChI=1S/C22H31N3O4S/c1-17(2)14-25-19(15-24-12-8-7-11-20(24)21(26)29-3)13-23-22(25)30(27,28)16-18-9-5-4-6-10-18/h4-6,9-10,13,17,20H,7-8,11-12,14-16H2,1-3H3/t20-/m0/s1. The molecule has 0 amide bonds. The van der Waals surface area contributed by atoms with E-state index in [4.69, 9.17) is 4.74 Å². The molecule has 1 atom stereocenters. The highest BCUT2D eigenvalue weighted by molar-refractivity contribution is 7.90. The average Bonchev–Trinajstić information content (AvgIpc) is 3.10. The molecule has 8 heteroatoms. The Bertz CT molecular complexity index is 954. The number of aromatic nitrogens is 2. The van der Waals surface area contributed by atoms with Gasteiger partial charge < -0.3 is 9.30 Å². The predicted molar refractivity (Wildman–Crippen MR) is 114 cm³/mol. The van der Waals surface area contributed by atoms with Gasteiger partial charge in [0.15, 0.2) is 0 Å². The Balaban J connectivity index is 1.90. The summed E-state index contributed by atoms with van der Waals surface area (Å²) in [6.45, 7) is 5.90. The fourth-order valence-corrected chi connectivity index (χ4v) is 5.48. The number of esters is 1. The van der Waals surface area contributed by atoms with Crippen molar-refractivity contribution in [1.82, 2.24) is 14.5 Å². The van der Waals surface area contributed by atoms with Crippen LogP contribution in [0.2, 0.25) is 0 Å². The monoisotopic (exact) mass is 433 g/mol. The van der Waals surface area contributed by atoms with Crippen molar-refractivity contribution in [2.24, 2.45) is 5.92 Å². The van der Waals surface area contributed by atoms with Crippen molar-refractivity contribution in [3.05, 3.63) is 47.8 Å². The second-order valence-corrected chi connectivity index (χ2v) is 10.2. The molecule has 1 fully saturated rings. The summed E-state index contributed by atoms with van der Waals surface area (Å²) in [4.78, 5) is 18.6. The lowest BCUT2D eigenvalue weighted by atomic mass is 10.0. The molecule has 1 aromatic heterocycles. The summed E-state index contributed by atoms with van der Waals surface area (Å²) < 4.78 is 33.1. The summed E-state index contributed by atoms with van der Waals surface area (Å²) in [6.07, 6.45) is 4.39. The number of benzene rings is 1. The molecule has 0 N–H and O–H groups in total. The molecule has 0 bridgehead atoms. The molecule has 2 heterocycles. The second kappa shape index (κ2) is 9.75. The number of carbonyl (C=O) groups is 1. The topological polar surface area (TPSA) is 81.5 Å². The van der Waals surface area contributed by atoms with Crippen LogP contribution in [-0.2, 0) is 38.2 Å². The highest BCUT2D eigenvalue weighted by Crippen LogP contribution is 2.24. The maximum Gasteiger partial charge on any atom is 0.323 e. The zero-order valence-corrected chi connectivity index (χ0v) is 18.8. The molecule has 30 heavy (non-hydrogen) atoms. The van der Waals surface area contributed by atoms with Gasteiger partial charge in [0.1, 0.15) is 6.04 Å². The number of ether oxygens (including phenoxy) is 1. The van der Waals surface area contributed by atoms with E-state index in [1.54, 1.807) is 6.20 Å². The maximum absolute atomic E-state index is 13.2. The summed E-state index contributed by atoms with van der Waals surface area (Å²) in [5, 5.41) is 0.0988. The van der Waals surface area contributed by atoms with Crippen molar-refractivity contribution >= 4 is 15.8 Å². The van der Waals surface area contributed by atoms with E-state index in [-0.39, 0.29) is 28.8 Å². The first-order chi connectivity index (χ1) is 14.3. The number of likely N-dealkylation sites (tertiary alicyclic amines) is 1. The quantitative estimate of drug-likeness (QED) is 0.595. The van der Waals surface area contributed by atoms with Crippen molar-refractivity contribution in [3.63, 3.8) is 0 Å². The minimum Gasteiger partial charge on any atom is -0.468 e. The van der Waals surface area contributed by atoms with Crippen LogP contribution in [0.25, 0.3) is 0 Å². The van der Waals surface area contributed by atoms with E-state index in [0.717, 1.165) is 37.1 Å². The van der Waals surface area contributed by atoms with Crippen molar-refractivity contribution in [3.8, 4) is 0 Å². The lowest BCUT2D eigenvalue weighted by molar-refractivity contribution is -0.148. The highest BCUT2D eigenvalue weighted by Gasteiger charge is 2.31. The van der Waals surface area contributed by atoms with Gasteiger partial charge in [0.05, 0.1) is 24.8 Å². The number of carbonyl (C=O) groups excluding carboxylic acids is 1. The molecule has 1 aliphatic heterocycles. The Morgan fingerprint density at radius 1 is 1.23 bits per heavy atom. The van der Waals surface area contributed by atoms with Crippen LogP contribution in [0.1, 0.15) is 44.4 Å². The predicted octanol–water partition coefficient (Wildman–Crippen LogP) is 3.04. The lowest BCUT2D eigenvalue weighted by Gasteiger charge is -2.33. The van der Waals surface area contributed by atoms with Crippen LogP contribution >= 0.6 is 0 Å². The van der Waals surface area contributed by atoms with Gasteiger partial charge in [-0.25, -0.2) is 13.4 Å². The smallest absolute Gasteiger partial charge is 0.323 e. The first-order valence-corrected chi connectivity index (χ1v) is 12.1. The third kappa shape index (κ3) is 5.29. The summed E-state index contributed by atoms with van der Waals surface area (Å²) in [6, 6.07) is 8.85. The molecule has 2 aromatic rings. The Kier molecular flexibility index (Phi) is 7.31. The first-order valence-electron chi connectivity index (χ1n) is 10.4. The minimum atomic E-state index is -3.60. The third-order valence-electron chi connectivity index (χ3n) is 5.38. The van der Waals surface area contributed by atoms with Gasteiger partial charge in [-0.05, 0) is 30.9 Å². The SMILES string of the molecule is COC(=O)[C@@H]1CCCCN1Cc1cnc(S(=O)(=O)Cc2ccccc2)n1CC(C)C. The van der Waals surface area contributed by atoms with Gasteiger partial charge in [-0.3, -0.25) is 9.69 Å². The minimum absolute atomic E-state index is 0.0864. The number of hydrogen-bond acceptors (Lipinski definition) is 6. The van der Waals surface area contributed by atoms with Crippen molar-refractivity contribution in [2.45, 2.75) is 63.2 Å². The molecule has 3 rings (SSSR count). The number of piperidine rings is 1. The second-order valence-electron chi connectivity index (χ2n) is 8.29. The van der Waals surface area contributed by atoms with Crippen LogP contribution in [0.4, 0.5) is 0 Å². The summed E-state index contributed by atoms with van der Waals surface area (Å²) in [5.74, 6) is -0.0698. The fourth-order valence-electron chi connectivity index (χ4n) is 3.98. The van der Waals surface area contributed by atoms with Crippen LogP contribution in [0.15, 0.2) is 41.7 Å². The van der Waals surface area contributed by atoms with Crippen LogP contribution in [0.3, 0.4) is 0 Å². The van der Waals surface area contributed by atoms with Crippen LogP contribution in [0.5, 0.6) is 0 Å². The van der Waals surface area contributed by atoms with E-state index in [2.05, 4.69) is 23.7 Å². The van der Waals surface area contributed by atoms with Gasteiger partial charge in [-0.1, -0.05) is 50.6 Å². The molecule has 0 unspecified atom stereocenters. The maximum atomic E-state index is 13.2. The number of nitrogens with zero attached hydrogens (tertiary/aromatic N) is 3. The Morgan fingerprint density at radius 2 is 1.97 bits per heavy atom. The number of hydrogen-bond donors (Lipinski definition) is 0. The van der Waals surface area contributed by atoms with Gasteiger partial charge in [0.25, 0.3) is 0 Å². The molecule has 1 aliphatic rings. The van der Waals surface area contributed by atoms with E-state index >= 15 is 0 Å². The zero-order chi connectivity index (χ0) is 21.7.